The standard InChI is InChI=1S/C13H13N3O5/c1-21-9(13(19)20)7-15-11(17)8-6-14-10-4-2-3-5-16(10)12(8)18/h2-6,9H,7H2,1H3,(H,15,17)(H,19,20). The van der Waals surface area contributed by atoms with Crippen LogP contribution in [0.15, 0.2) is 35.4 Å². The largest absolute Gasteiger partial charge is 0.479 e. The lowest BCUT2D eigenvalue weighted by Gasteiger charge is -2.11. The van der Waals surface area contributed by atoms with Gasteiger partial charge in [-0.1, -0.05) is 6.07 Å². The van der Waals surface area contributed by atoms with Gasteiger partial charge >= 0.3 is 5.97 Å². The Kier molecular flexibility index (Phi) is 4.29. The molecular formula is C13H13N3O5. The summed E-state index contributed by atoms with van der Waals surface area (Å²) >= 11 is 0. The van der Waals surface area contributed by atoms with Crippen LogP contribution in [0.1, 0.15) is 10.4 Å². The molecule has 8 heteroatoms. The van der Waals surface area contributed by atoms with Crippen molar-refractivity contribution in [2.75, 3.05) is 13.7 Å². The third-order valence-corrected chi connectivity index (χ3v) is 2.87. The highest BCUT2D eigenvalue weighted by atomic mass is 16.5. The average molecular weight is 291 g/mol. The van der Waals surface area contributed by atoms with Crippen LogP contribution in [0.2, 0.25) is 0 Å². The molecule has 21 heavy (non-hydrogen) atoms. The molecule has 0 bridgehead atoms. The fourth-order valence-corrected chi connectivity index (χ4v) is 1.73. The third-order valence-electron chi connectivity index (χ3n) is 2.87. The van der Waals surface area contributed by atoms with Gasteiger partial charge in [0.2, 0.25) is 0 Å². The first-order valence-electron chi connectivity index (χ1n) is 6.04. The minimum atomic E-state index is -1.20. The van der Waals surface area contributed by atoms with Gasteiger partial charge in [-0.3, -0.25) is 14.0 Å². The summed E-state index contributed by atoms with van der Waals surface area (Å²) in [6.07, 6.45) is 1.48. The van der Waals surface area contributed by atoms with Crippen molar-refractivity contribution in [2.24, 2.45) is 0 Å². The van der Waals surface area contributed by atoms with Crippen LogP contribution < -0.4 is 10.9 Å². The highest BCUT2D eigenvalue weighted by Gasteiger charge is 2.19. The zero-order chi connectivity index (χ0) is 15.4. The fraction of sp³-hybridized carbons (Fsp3) is 0.231. The quantitative estimate of drug-likeness (QED) is 0.770. The molecular weight excluding hydrogens is 278 g/mol. The topological polar surface area (TPSA) is 110 Å². The second-order valence-electron chi connectivity index (χ2n) is 4.18. The Morgan fingerprint density at radius 1 is 1.48 bits per heavy atom. The van der Waals surface area contributed by atoms with Crippen LogP contribution in [0.3, 0.4) is 0 Å². The monoisotopic (exact) mass is 291 g/mol. The van der Waals surface area contributed by atoms with E-state index in [9.17, 15) is 14.4 Å². The van der Waals surface area contributed by atoms with Crippen LogP contribution in [-0.2, 0) is 9.53 Å². The lowest BCUT2D eigenvalue weighted by Crippen LogP contribution is -2.40. The number of carbonyl (C=O) groups excluding carboxylic acids is 1. The number of hydrogen-bond donors (Lipinski definition) is 2. The van der Waals surface area contributed by atoms with Crippen molar-refractivity contribution in [2.45, 2.75) is 6.10 Å². The summed E-state index contributed by atoms with van der Waals surface area (Å²) in [5.41, 5.74) is -0.277. The number of hydrogen-bond acceptors (Lipinski definition) is 5. The molecule has 1 unspecified atom stereocenters. The first kappa shape index (κ1) is 14.7. The first-order chi connectivity index (χ1) is 10.0. The predicted octanol–water partition coefficient (Wildman–Crippen LogP) is -0.476. The number of aromatic nitrogens is 2. The summed E-state index contributed by atoms with van der Waals surface area (Å²) in [7, 11) is 1.22. The number of carboxylic acids is 1. The van der Waals surface area contributed by atoms with E-state index in [4.69, 9.17) is 5.11 Å². The van der Waals surface area contributed by atoms with Crippen molar-refractivity contribution < 1.29 is 19.4 Å². The van der Waals surface area contributed by atoms with Gasteiger partial charge < -0.3 is 15.2 Å². The molecule has 0 fully saturated rings. The number of nitrogens with one attached hydrogen (secondary N) is 1. The van der Waals surface area contributed by atoms with Gasteiger partial charge in [0.25, 0.3) is 11.5 Å². The number of ether oxygens (including phenoxy) is 1. The summed E-state index contributed by atoms with van der Waals surface area (Å²) in [6.45, 7) is -0.248. The summed E-state index contributed by atoms with van der Waals surface area (Å²) < 4.78 is 5.92. The molecule has 0 aromatic carbocycles. The molecule has 110 valence electrons. The molecule has 2 N–H and O–H groups in total. The Morgan fingerprint density at radius 3 is 2.90 bits per heavy atom. The van der Waals surface area contributed by atoms with Crippen molar-refractivity contribution in [1.82, 2.24) is 14.7 Å². The van der Waals surface area contributed by atoms with Gasteiger partial charge in [0.1, 0.15) is 11.2 Å². The second kappa shape index (κ2) is 6.14. The van der Waals surface area contributed by atoms with Crippen LogP contribution in [-0.4, -0.2) is 46.1 Å². The van der Waals surface area contributed by atoms with Crippen molar-refractivity contribution in [1.29, 1.82) is 0 Å². The highest BCUT2D eigenvalue weighted by Crippen LogP contribution is 1.98. The molecule has 2 aromatic heterocycles. The number of aliphatic carboxylic acids is 1. The number of nitrogens with zero attached hydrogens (tertiary/aromatic N) is 2. The number of rotatable bonds is 5. The molecule has 0 saturated heterocycles. The number of methoxy groups -OCH3 is 1. The number of fused-ring (bicyclic) bond motifs is 1. The van der Waals surface area contributed by atoms with Gasteiger partial charge in [0, 0.05) is 19.5 Å². The lowest BCUT2D eigenvalue weighted by molar-refractivity contribution is -0.148. The molecule has 0 saturated carbocycles. The highest BCUT2D eigenvalue weighted by molar-refractivity contribution is 5.94. The molecule has 0 aliphatic heterocycles. The van der Waals surface area contributed by atoms with E-state index in [1.54, 1.807) is 18.2 Å². The van der Waals surface area contributed by atoms with Gasteiger partial charge in [-0.15, -0.1) is 0 Å². The summed E-state index contributed by atoms with van der Waals surface area (Å²) in [6, 6.07) is 5.00. The van der Waals surface area contributed by atoms with Crippen molar-refractivity contribution in [3.8, 4) is 0 Å². The SMILES string of the molecule is COC(CNC(=O)c1cnc2ccccn2c1=O)C(=O)O. The maximum atomic E-state index is 12.1. The fourth-order valence-electron chi connectivity index (χ4n) is 1.73. The van der Waals surface area contributed by atoms with Crippen LogP contribution in [0.5, 0.6) is 0 Å². The number of carbonyl (C=O) groups is 2. The van der Waals surface area contributed by atoms with E-state index in [2.05, 4.69) is 15.0 Å². The normalized spacial score (nSPS) is 12.0. The maximum absolute atomic E-state index is 12.1. The zero-order valence-corrected chi connectivity index (χ0v) is 11.1. The molecule has 0 radical (unpaired) electrons. The van der Waals surface area contributed by atoms with E-state index in [1.807, 2.05) is 0 Å². The lowest BCUT2D eigenvalue weighted by atomic mass is 10.3. The first-order valence-corrected chi connectivity index (χ1v) is 6.04. The van der Waals surface area contributed by atoms with Crippen molar-refractivity contribution in [3.05, 3.63) is 46.5 Å². The maximum Gasteiger partial charge on any atom is 0.334 e. The number of amides is 1. The average Bonchev–Trinajstić information content (AvgIpc) is 2.48. The van der Waals surface area contributed by atoms with Gasteiger partial charge in [0.15, 0.2) is 6.10 Å². The van der Waals surface area contributed by atoms with Crippen LogP contribution in [0.4, 0.5) is 0 Å². The Morgan fingerprint density at radius 2 is 2.24 bits per heavy atom. The smallest absolute Gasteiger partial charge is 0.334 e. The second-order valence-corrected chi connectivity index (χ2v) is 4.18. The molecule has 2 heterocycles. The van der Waals surface area contributed by atoms with Gasteiger partial charge in [0.05, 0.1) is 6.54 Å². The molecule has 1 amide bonds. The van der Waals surface area contributed by atoms with E-state index < -0.39 is 23.5 Å². The van der Waals surface area contributed by atoms with Crippen LogP contribution in [0.25, 0.3) is 5.65 Å². The minimum absolute atomic E-state index is 0.168. The number of pyridine rings is 1. The molecule has 8 nitrogen and oxygen atoms in total. The van der Waals surface area contributed by atoms with Gasteiger partial charge in [-0.05, 0) is 12.1 Å². The summed E-state index contributed by atoms with van der Waals surface area (Å²) in [5, 5.41) is 11.1. The van der Waals surface area contributed by atoms with Crippen LogP contribution >= 0.6 is 0 Å². The van der Waals surface area contributed by atoms with Crippen molar-refractivity contribution in [3.63, 3.8) is 0 Å². The molecule has 0 aliphatic carbocycles. The van der Waals surface area contributed by atoms with Crippen molar-refractivity contribution >= 4 is 17.5 Å². The Bertz CT molecular complexity index is 740. The molecule has 0 aliphatic rings. The predicted molar refractivity (Wildman–Crippen MR) is 72.2 cm³/mol. The Labute approximate surface area is 119 Å². The molecule has 2 aromatic rings. The van der Waals surface area contributed by atoms with Crippen LogP contribution in [0, 0.1) is 0 Å². The third kappa shape index (κ3) is 3.06. The van der Waals surface area contributed by atoms with Gasteiger partial charge in [-0.25, -0.2) is 9.78 Å². The van der Waals surface area contributed by atoms with Gasteiger partial charge in [-0.2, -0.15) is 0 Å². The number of carboxylic acid groups (broad SMARTS) is 1. The van der Waals surface area contributed by atoms with E-state index >= 15 is 0 Å². The van der Waals surface area contributed by atoms with E-state index in [-0.39, 0.29) is 12.1 Å². The molecule has 1 atom stereocenters. The minimum Gasteiger partial charge on any atom is -0.479 e. The van der Waals surface area contributed by atoms with E-state index in [0.717, 1.165) is 6.20 Å². The Hall–Kier alpha value is -2.74. The summed E-state index contributed by atoms with van der Waals surface area (Å²) in [4.78, 5) is 38.8. The van der Waals surface area contributed by atoms with E-state index in [1.165, 1.54) is 17.7 Å². The van der Waals surface area contributed by atoms with E-state index in [0.29, 0.717) is 5.65 Å². The molecule has 2 rings (SSSR count). The zero-order valence-electron chi connectivity index (χ0n) is 11.1. The Balaban J connectivity index is 2.22. The summed E-state index contributed by atoms with van der Waals surface area (Å²) in [5.74, 6) is -1.90. The molecule has 0 spiro atoms.